The predicted molar refractivity (Wildman–Crippen MR) is 96.3 cm³/mol. The Labute approximate surface area is 151 Å². The summed E-state index contributed by atoms with van der Waals surface area (Å²) in [4.78, 5) is 16.6. The van der Waals surface area contributed by atoms with Crippen molar-refractivity contribution in [2.45, 2.75) is 6.54 Å². The number of carbonyl (C=O) groups is 1. The highest BCUT2D eigenvalue weighted by atomic mass is 16.5. The fourth-order valence-corrected chi connectivity index (χ4v) is 2.35. The Morgan fingerprint density at radius 2 is 2.00 bits per heavy atom. The van der Waals surface area contributed by atoms with Crippen LogP contribution in [0.15, 0.2) is 61.1 Å². The number of nitrogens with one attached hydrogen (secondary N) is 1. The lowest BCUT2D eigenvalue weighted by Crippen LogP contribution is -2.24. The van der Waals surface area contributed by atoms with Gasteiger partial charge in [-0.25, -0.2) is 9.67 Å². The van der Waals surface area contributed by atoms with Gasteiger partial charge in [0.15, 0.2) is 0 Å². The summed E-state index contributed by atoms with van der Waals surface area (Å²) in [7, 11) is 1.59. The Balaban J connectivity index is 1.62. The average Bonchev–Trinajstić information content (AvgIpc) is 3.16. The van der Waals surface area contributed by atoms with Crippen molar-refractivity contribution in [2.24, 2.45) is 0 Å². The standard InChI is InChI=1S/C19H20N4O3/c1-25-10-11-26-19-17(8-5-9-20-19)18(24)21-12-15-13-22-23(14-15)16-6-3-2-4-7-16/h2-9,13-14H,10-12H2,1H3,(H,21,24). The molecule has 1 aromatic carbocycles. The maximum atomic E-state index is 12.5. The third-order valence-corrected chi connectivity index (χ3v) is 3.65. The van der Waals surface area contributed by atoms with Crippen LogP contribution < -0.4 is 10.1 Å². The summed E-state index contributed by atoms with van der Waals surface area (Å²) >= 11 is 0. The highest BCUT2D eigenvalue weighted by Crippen LogP contribution is 2.14. The van der Waals surface area contributed by atoms with E-state index < -0.39 is 0 Å². The van der Waals surface area contributed by atoms with Crippen LogP contribution in [-0.4, -0.2) is 41.0 Å². The number of aromatic nitrogens is 3. The van der Waals surface area contributed by atoms with Crippen molar-refractivity contribution in [1.82, 2.24) is 20.1 Å². The summed E-state index contributed by atoms with van der Waals surface area (Å²) in [5.41, 5.74) is 2.25. The monoisotopic (exact) mass is 352 g/mol. The van der Waals surface area contributed by atoms with Gasteiger partial charge < -0.3 is 14.8 Å². The van der Waals surface area contributed by atoms with E-state index in [0.29, 0.717) is 31.2 Å². The number of benzene rings is 1. The lowest BCUT2D eigenvalue weighted by molar-refractivity contribution is 0.0941. The molecule has 0 aliphatic carbocycles. The number of methoxy groups -OCH3 is 1. The van der Waals surface area contributed by atoms with Crippen LogP contribution in [0.1, 0.15) is 15.9 Å². The Hall–Kier alpha value is -3.19. The minimum Gasteiger partial charge on any atom is -0.475 e. The molecule has 0 saturated heterocycles. The number of hydrogen-bond donors (Lipinski definition) is 1. The number of pyridine rings is 1. The molecule has 0 saturated carbocycles. The number of amides is 1. The van der Waals surface area contributed by atoms with Gasteiger partial charge in [-0.2, -0.15) is 5.10 Å². The van der Waals surface area contributed by atoms with E-state index in [-0.39, 0.29) is 5.91 Å². The summed E-state index contributed by atoms with van der Waals surface area (Å²) in [6, 6.07) is 13.2. The quantitative estimate of drug-likeness (QED) is 0.629. The average molecular weight is 352 g/mol. The zero-order valence-corrected chi connectivity index (χ0v) is 14.5. The predicted octanol–water partition coefficient (Wildman–Crippen LogP) is 2.22. The van der Waals surface area contributed by atoms with Gasteiger partial charge >= 0.3 is 0 Å². The SMILES string of the molecule is COCCOc1ncccc1C(=O)NCc1cnn(-c2ccccc2)c1. The highest BCUT2D eigenvalue weighted by molar-refractivity contribution is 5.96. The van der Waals surface area contributed by atoms with E-state index in [1.165, 1.54) is 0 Å². The molecule has 0 unspecified atom stereocenters. The first-order valence-corrected chi connectivity index (χ1v) is 8.22. The molecule has 26 heavy (non-hydrogen) atoms. The van der Waals surface area contributed by atoms with Crippen molar-refractivity contribution in [3.63, 3.8) is 0 Å². The van der Waals surface area contributed by atoms with Crippen molar-refractivity contribution in [3.8, 4) is 11.6 Å². The summed E-state index contributed by atoms with van der Waals surface area (Å²) in [6.07, 6.45) is 5.20. The van der Waals surface area contributed by atoms with Crippen LogP contribution in [0, 0.1) is 0 Å². The van der Waals surface area contributed by atoms with Crippen LogP contribution in [0.5, 0.6) is 5.88 Å². The first-order valence-electron chi connectivity index (χ1n) is 8.22. The molecule has 0 bridgehead atoms. The maximum absolute atomic E-state index is 12.5. The van der Waals surface area contributed by atoms with Crippen molar-refractivity contribution < 1.29 is 14.3 Å². The first kappa shape index (κ1) is 17.6. The Bertz CT molecular complexity index is 849. The second-order valence-electron chi connectivity index (χ2n) is 5.51. The molecule has 1 amide bonds. The van der Waals surface area contributed by atoms with Gasteiger partial charge in [-0.1, -0.05) is 18.2 Å². The third-order valence-electron chi connectivity index (χ3n) is 3.65. The van der Waals surface area contributed by atoms with Crippen LogP contribution in [0.3, 0.4) is 0 Å². The van der Waals surface area contributed by atoms with Crippen LogP contribution >= 0.6 is 0 Å². The topological polar surface area (TPSA) is 78.3 Å². The number of nitrogens with zero attached hydrogens (tertiary/aromatic N) is 3. The number of rotatable bonds is 8. The second-order valence-corrected chi connectivity index (χ2v) is 5.51. The summed E-state index contributed by atoms with van der Waals surface area (Å²) in [5, 5.41) is 7.19. The molecule has 0 aliphatic rings. The summed E-state index contributed by atoms with van der Waals surface area (Å²) < 4.78 is 12.2. The van der Waals surface area contributed by atoms with Crippen LogP contribution in [-0.2, 0) is 11.3 Å². The van der Waals surface area contributed by atoms with Gasteiger partial charge in [0.05, 0.1) is 18.5 Å². The van der Waals surface area contributed by atoms with Gasteiger partial charge in [0.1, 0.15) is 12.2 Å². The molecule has 0 fully saturated rings. The Morgan fingerprint density at radius 1 is 1.15 bits per heavy atom. The smallest absolute Gasteiger partial charge is 0.257 e. The maximum Gasteiger partial charge on any atom is 0.257 e. The Kier molecular flexibility index (Phi) is 5.95. The fraction of sp³-hybridized carbons (Fsp3) is 0.211. The number of hydrogen-bond acceptors (Lipinski definition) is 5. The normalized spacial score (nSPS) is 10.5. The summed E-state index contributed by atoms with van der Waals surface area (Å²) in [6.45, 7) is 1.12. The molecule has 134 valence electrons. The zero-order valence-electron chi connectivity index (χ0n) is 14.5. The minimum atomic E-state index is -0.252. The minimum absolute atomic E-state index is 0.252. The van der Waals surface area contributed by atoms with Crippen molar-refractivity contribution in [2.75, 3.05) is 20.3 Å². The lowest BCUT2D eigenvalue weighted by atomic mass is 10.2. The molecule has 0 radical (unpaired) electrons. The van der Waals surface area contributed by atoms with Gasteiger partial charge in [-0.05, 0) is 24.3 Å². The van der Waals surface area contributed by atoms with E-state index in [9.17, 15) is 4.79 Å². The van der Waals surface area contributed by atoms with Crippen LogP contribution in [0.2, 0.25) is 0 Å². The fourth-order valence-electron chi connectivity index (χ4n) is 2.35. The van der Waals surface area contributed by atoms with Crippen molar-refractivity contribution in [1.29, 1.82) is 0 Å². The molecule has 0 atom stereocenters. The second kappa shape index (κ2) is 8.77. The molecule has 3 aromatic rings. The van der Waals surface area contributed by atoms with Crippen molar-refractivity contribution >= 4 is 5.91 Å². The van der Waals surface area contributed by atoms with E-state index in [0.717, 1.165) is 11.3 Å². The molecular formula is C19H20N4O3. The third kappa shape index (κ3) is 4.46. The molecule has 1 N–H and O–H groups in total. The van der Waals surface area contributed by atoms with Crippen LogP contribution in [0.25, 0.3) is 5.69 Å². The zero-order chi connectivity index (χ0) is 18.2. The molecule has 0 aliphatic heterocycles. The van der Waals surface area contributed by atoms with E-state index >= 15 is 0 Å². The van der Waals surface area contributed by atoms with E-state index in [1.54, 1.807) is 36.3 Å². The number of ether oxygens (including phenoxy) is 2. The molecule has 7 nitrogen and oxygen atoms in total. The van der Waals surface area contributed by atoms with E-state index in [2.05, 4.69) is 15.4 Å². The van der Waals surface area contributed by atoms with Gasteiger partial charge in [-0.3, -0.25) is 4.79 Å². The van der Waals surface area contributed by atoms with E-state index in [4.69, 9.17) is 9.47 Å². The van der Waals surface area contributed by atoms with Crippen LogP contribution in [0.4, 0.5) is 0 Å². The molecule has 7 heteroatoms. The Morgan fingerprint density at radius 3 is 2.81 bits per heavy atom. The number of para-hydroxylation sites is 1. The molecular weight excluding hydrogens is 332 g/mol. The summed E-state index contributed by atoms with van der Waals surface area (Å²) in [5.74, 6) is 0.0417. The van der Waals surface area contributed by atoms with Gasteiger partial charge in [0.2, 0.25) is 5.88 Å². The molecule has 0 spiro atoms. The lowest BCUT2D eigenvalue weighted by Gasteiger charge is -2.09. The van der Waals surface area contributed by atoms with Gasteiger partial charge in [0, 0.05) is 31.6 Å². The van der Waals surface area contributed by atoms with E-state index in [1.807, 2.05) is 36.5 Å². The molecule has 2 aromatic heterocycles. The highest BCUT2D eigenvalue weighted by Gasteiger charge is 2.13. The number of carbonyl (C=O) groups excluding carboxylic acids is 1. The molecule has 2 heterocycles. The van der Waals surface area contributed by atoms with Gasteiger partial charge in [0.25, 0.3) is 5.91 Å². The molecule has 3 rings (SSSR count). The first-order chi connectivity index (χ1) is 12.8. The largest absolute Gasteiger partial charge is 0.475 e. The van der Waals surface area contributed by atoms with Gasteiger partial charge in [-0.15, -0.1) is 0 Å². The van der Waals surface area contributed by atoms with Crippen molar-refractivity contribution in [3.05, 3.63) is 72.2 Å².